The number of carbonyl (C=O) groups is 2. The first kappa shape index (κ1) is 15.1. The van der Waals surface area contributed by atoms with Crippen molar-refractivity contribution in [2.24, 2.45) is 0 Å². The molecule has 5 heteroatoms. The van der Waals surface area contributed by atoms with Gasteiger partial charge in [0.25, 0.3) is 0 Å². The Morgan fingerprint density at radius 3 is 2.65 bits per heavy atom. The first-order valence-corrected chi connectivity index (χ1v) is 7.62. The normalized spacial score (nSPS) is 10.9. The average molecular weight is 307 g/mol. The van der Waals surface area contributed by atoms with Crippen molar-refractivity contribution in [3.05, 3.63) is 42.1 Å². The Labute approximate surface area is 134 Å². The van der Waals surface area contributed by atoms with E-state index in [1.165, 1.54) is 0 Å². The van der Waals surface area contributed by atoms with E-state index in [2.05, 4.69) is 23.7 Å². The van der Waals surface area contributed by atoms with Gasteiger partial charge in [0, 0.05) is 35.6 Å². The van der Waals surface area contributed by atoms with E-state index in [1.54, 1.807) is 24.4 Å². The third-order valence-corrected chi connectivity index (χ3v) is 3.99. The topological polar surface area (TPSA) is 63.2 Å². The Balaban J connectivity index is 2.35. The Morgan fingerprint density at radius 2 is 1.96 bits per heavy atom. The van der Waals surface area contributed by atoms with E-state index in [9.17, 15) is 9.59 Å². The van der Waals surface area contributed by atoms with Crippen LogP contribution in [0.2, 0.25) is 0 Å². The zero-order valence-electron chi connectivity index (χ0n) is 13.1. The minimum Gasteiger partial charge on any atom is -0.357 e. The molecule has 2 heterocycles. The predicted octanol–water partition coefficient (Wildman–Crippen LogP) is 3.01. The predicted molar refractivity (Wildman–Crippen MR) is 91.0 cm³/mol. The molecule has 2 aromatic heterocycles. The monoisotopic (exact) mass is 307 g/mol. The van der Waals surface area contributed by atoms with Crippen LogP contribution in [-0.4, -0.2) is 35.1 Å². The smallest absolute Gasteiger partial charge is 0.226 e. The van der Waals surface area contributed by atoms with E-state index in [0.29, 0.717) is 22.8 Å². The fourth-order valence-electron chi connectivity index (χ4n) is 2.80. The molecule has 0 saturated heterocycles. The summed E-state index contributed by atoms with van der Waals surface area (Å²) in [5.41, 5.74) is 1.75. The lowest BCUT2D eigenvalue weighted by molar-refractivity contribution is -0.104. The number of nitrogens with zero attached hydrogens (tertiary/aromatic N) is 3. The lowest BCUT2D eigenvalue weighted by atomic mass is 10.0. The van der Waals surface area contributed by atoms with Gasteiger partial charge in [-0.05, 0) is 38.1 Å². The lowest BCUT2D eigenvalue weighted by Gasteiger charge is -2.20. The molecule has 0 atom stereocenters. The molecule has 0 amide bonds. The van der Waals surface area contributed by atoms with Crippen molar-refractivity contribution >= 4 is 39.7 Å². The number of benzene rings is 1. The van der Waals surface area contributed by atoms with Gasteiger partial charge in [0.2, 0.25) is 5.78 Å². The maximum absolute atomic E-state index is 11.9. The van der Waals surface area contributed by atoms with Gasteiger partial charge in [-0.15, -0.1) is 0 Å². The summed E-state index contributed by atoms with van der Waals surface area (Å²) in [6.45, 7) is 5.89. The maximum Gasteiger partial charge on any atom is 0.226 e. The summed E-state index contributed by atoms with van der Waals surface area (Å²) in [7, 11) is 0. The summed E-state index contributed by atoms with van der Waals surface area (Å²) < 4.78 is 0. The number of hydrogen-bond acceptors (Lipinski definition) is 5. The average Bonchev–Trinajstić information content (AvgIpc) is 2.61. The summed E-state index contributed by atoms with van der Waals surface area (Å²) in [5.74, 6) is 0.335. The van der Waals surface area contributed by atoms with Gasteiger partial charge in [0.15, 0.2) is 6.29 Å². The third kappa shape index (κ3) is 2.54. The second-order valence-electron chi connectivity index (χ2n) is 5.22. The molecule has 0 spiro atoms. The quantitative estimate of drug-likeness (QED) is 0.314. The number of pyridine rings is 2. The molecule has 0 fully saturated rings. The van der Waals surface area contributed by atoms with Crippen LogP contribution < -0.4 is 4.90 Å². The highest BCUT2D eigenvalue weighted by Crippen LogP contribution is 2.28. The molecule has 5 nitrogen and oxygen atoms in total. The van der Waals surface area contributed by atoms with Gasteiger partial charge in [-0.25, -0.2) is 4.98 Å². The van der Waals surface area contributed by atoms with E-state index in [0.717, 1.165) is 29.8 Å². The number of fused-ring (bicyclic) bond motifs is 3. The van der Waals surface area contributed by atoms with E-state index in [1.807, 2.05) is 12.1 Å². The first-order chi connectivity index (χ1) is 11.2. The Bertz CT molecular complexity index is 901. The Morgan fingerprint density at radius 1 is 1.17 bits per heavy atom. The summed E-state index contributed by atoms with van der Waals surface area (Å²) in [5, 5.41) is 1.46. The van der Waals surface area contributed by atoms with Gasteiger partial charge in [0.1, 0.15) is 5.82 Å². The second kappa shape index (κ2) is 6.12. The third-order valence-electron chi connectivity index (χ3n) is 3.99. The van der Waals surface area contributed by atoms with Gasteiger partial charge in [0.05, 0.1) is 11.0 Å². The summed E-state index contributed by atoms with van der Waals surface area (Å²) in [4.78, 5) is 34.1. The molecular formula is C18H17N3O2. The fourth-order valence-corrected chi connectivity index (χ4v) is 2.80. The van der Waals surface area contributed by atoms with Crippen LogP contribution in [0, 0.1) is 0 Å². The van der Waals surface area contributed by atoms with Crippen LogP contribution in [0.25, 0.3) is 21.8 Å². The molecule has 3 aromatic rings. The molecule has 0 aliphatic rings. The number of aldehydes is 1. The van der Waals surface area contributed by atoms with Crippen LogP contribution >= 0.6 is 0 Å². The summed E-state index contributed by atoms with van der Waals surface area (Å²) in [6.07, 6.45) is 2.01. The van der Waals surface area contributed by atoms with Crippen LogP contribution in [0.15, 0.2) is 36.5 Å². The zero-order chi connectivity index (χ0) is 16.4. The van der Waals surface area contributed by atoms with E-state index >= 15 is 0 Å². The van der Waals surface area contributed by atoms with Crippen LogP contribution in [0.1, 0.15) is 24.2 Å². The molecule has 1 aromatic carbocycles. The number of carbonyl (C=O) groups excluding carboxylic acids is 2. The summed E-state index contributed by atoms with van der Waals surface area (Å²) >= 11 is 0. The molecule has 3 rings (SSSR count). The number of ketones is 1. The number of aromatic nitrogens is 2. The van der Waals surface area contributed by atoms with Crippen molar-refractivity contribution in [2.45, 2.75) is 13.8 Å². The fraction of sp³-hybridized carbons (Fsp3) is 0.222. The molecule has 23 heavy (non-hydrogen) atoms. The summed E-state index contributed by atoms with van der Waals surface area (Å²) in [6, 6.07) is 9.12. The van der Waals surface area contributed by atoms with E-state index in [-0.39, 0.29) is 0 Å². The Hall–Kier alpha value is -2.82. The highest BCUT2D eigenvalue weighted by molar-refractivity contribution is 6.37. The highest BCUT2D eigenvalue weighted by atomic mass is 16.2. The van der Waals surface area contributed by atoms with Crippen molar-refractivity contribution in [1.82, 2.24) is 9.97 Å². The van der Waals surface area contributed by atoms with E-state index < -0.39 is 5.78 Å². The molecule has 0 radical (unpaired) electrons. The van der Waals surface area contributed by atoms with E-state index in [4.69, 9.17) is 4.98 Å². The SMILES string of the molecule is CCN(CC)c1ccc2cc(C(=O)C=O)c3cccnc3c2n1. The second-order valence-corrected chi connectivity index (χ2v) is 5.22. The zero-order valence-corrected chi connectivity index (χ0v) is 13.1. The van der Waals surface area contributed by atoms with Crippen molar-refractivity contribution in [2.75, 3.05) is 18.0 Å². The van der Waals surface area contributed by atoms with Gasteiger partial charge < -0.3 is 4.90 Å². The molecule has 0 unspecified atom stereocenters. The maximum atomic E-state index is 11.9. The van der Waals surface area contributed by atoms with Crippen molar-refractivity contribution in [3.63, 3.8) is 0 Å². The molecule has 0 N–H and O–H groups in total. The first-order valence-electron chi connectivity index (χ1n) is 7.62. The van der Waals surface area contributed by atoms with Crippen LogP contribution in [0.5, 0.6) is 0 Å². The number of rotatable bonds is 5. The molecule has 0 bridgehead atoms. The standard InChI is InChI=1S/C18H17N3O2/c1-3-21(4-2)16-8-7-12-10-14(15(23)11-22)13-6-5-9-19-18(13)17(12)20-16/h5-11H,3-4H2,1-2H3. The number of anilines is 1. The molecule has 0 aliphatic carbocycles. The Kier molecular flexibility index (Phi) is 4.02. The molecule has 0 aliphatic heterocycles. The minimum atomic E-state index is -0.544. The van der Waals surface area contributed by atoms with Gasteiger partial charge in [-0.3, -0.25) is 14.6 Å². The van der Waals surface area contributed by atoms with Gasteiger partial charge in [-0.1, -0.05) is 6.07 Å². The van der Waals surface area contributed by atoms with Gasteiger partial charge >= 0.3 is 0 Å². The number of hydrogen-bond donors (Lipinski definition) is 0. The lowest BCUT2D eigenvalue weighted by Crippen LogP contribution is -2.22. The van der Waals surface area contributed by atoms with Crippen molar-refractivity contribution < 1.29 is 9.59 Å². The highest BCUT2D eigenvalue weighted by Gasteiger charge is 2.15. The van der Waals surface area contributed by atoms with Crippen molar-refractivity contribution in [3.8, 4) is 0 Å². The number of Topliss-reactive ketones (excluding diaryl/α,β-unsaturated/α-hetero) is 1. The van der Waals surface area contributed by atoms with Crippen LogP contribution in [0.4, 0.5) is 5.82 Å². The molecular weight excluding hydrogens is 290 g/mol. The molecule has 116 valence electrons. The minimum absolute atomic E-state index is 0.339. The van der Waals surface area contributed by atoms with Crippen LogP contribution in [-0.2, 0) is 4.79 Å². The van der Waals surface area contributed by atoms with Crippen molar-refractivity contribution in [1.29, 1.82) is 0 Å². The van der Waals surface area contributed by atoms with Gasteiger partial charge in [-0.2, -0.15) is 0 Å². The van der Waals surface area contributed by atoms with Crippen LogP contribution in [0.3, 0.4) is 0 Å². The largest absolute Gasteiger partial charge is 0.357 e. The molecule has 0 saturated carbocycles.